The number of nitrogens with zero attached hydrogens (tertiary/aromatic N) is 3. The molecule has 0 saturated carbocycles. The van der Waals surface area contributed by atoms with E-state index in [0.29, 0.717) is 11.4 Å². The zero-order valence-corrected chi connectivity index (χ0v) is 16.7. The van der Waals surface area contributed by atoms with E-state index >= 15 is 0 Å². The molecule has 0 aromatic heterocycles. The molecule has 2 heterocycles. The first-order valence-electron chi connectivity index (χ1n) is 8.65. The lowest BCUT2D eigenvalue weighted by atomic mass is 10.2. The first-order valence-corrected chi connectivity index (χ1v) is 10.3. The van der Waals surface area contributed by atoms with Crippen molar-refractivity contribution in [2.24, 2.45) is 0 Å². The van der Waals surface area contributed by atoms with Crippen molar-refractivity contribution < 1.29 is 23.6 Å². The lowest BCUT2D eigenvalue weighted by molar-refractivity contribution is -0.113. The van der Waals surface area contributed by atoms with Gasteiger partial charge in [-0.15, -0.1) is 0 Å². The first kappa shape index (κ1) is 20.1. The van der Waals surface area contributed by atoms with Crippen LogP contribution < -0.4 is 9.80 Å². The van der Waals surface area contributed by atoms with Gasteiger partial charge in [0.15, 0.2) is 0 Å². The molecule has 0 unspecified atom stereocenters. The Morgan fingerprint density at radius 3 is 3.00 bits per heavy atom. The fourth-order valence-corrected chi connectivity index (χ4v) is 3.92. The van der Waals surface area contributed by atoms with Crippen molar-refractivity contribution in [3.8, 4) is 0 Å². The summed E-state index contributed by atoms with van der Waals surface area (Å²) in [6.07, 6.45) is -0.102. The third-order valence-corrected chi connectivity index (χ3v) is 5.73. The normalized spacial score (nSPS) is 20.4. The molecule has 2 saturated heterocycles. The minimum Gasteiger partial charge on any atom is -0.441 e. The van der Waals surface area contributed by atoms with Gasteiger partial charge < -0.3 is 9.64 Å². The summed E-state index contributed by atoms with van der Waals surface area (Å²) in [6, 6.07) is 4.80. The van der Waals surface area contributed by atoms with Crippen molar-refractivity contribution in [1.29, 1.82) is 0 Å². The molecule has 2 amide bonds. The lowest BCUT2D eigenvalue weighted by Crippen LogP contribution is -2.30. The maximum Gasteiger partial charge on any atom is 0.414 e. The second kappa shape index (κ2) is 9.03. The molecule has 7 nitrogen and oxygen atoms in total. The Bertz CT molecular complexity index is 701. The molecule has 2 aliphatic rings. The summed E-state index contributed by atoms with van der Waals surface area (Å²) in [5.74, 6) is 1.71. The Hall–Kier alpha value is -1.65. The van der Waals surface area contributed by atoms with Gasteiger partial charge in [-0.05, 0) is 30.4 Å². The third kappa shape index (κ3) is 4.99. The molecule has 2 aliphatic heterocycles. The van der Waals surface area contributed by atoms with Crippen LogP contribution in [0.4, 0.5) is 25.4 Å². The van der Waals surface area contributed by atoms with E-state index in [2.05, 4.69) is 12.6 Å². The number of hydroxylamine groups is 2. The summed E-state index contributed by atoms with van der Waals surface area (Å²) in [7, 11) is 1.42. The van der Waals surface area contributed by atoms with E-state index in [4.69, 9.17) is 9.57 Å². The molecule has 1 atom stereocenters. The van der Waals surface area contributed by atoms with E-state index in [9.17, 15) is 14.0 Å². The number of thiol groups is 1. The number of halogens is 1. The van der Waals surface area contributed by atoms with E-state index < -0.39 is 17.4 Å². The van der Waals surface area contributed by atoms with Crippen molar-refractivity contribution >= 4 is 47.1 Å². The van der Waals surface area contributed by atoms with Crippen LogP contribution in [0.5, 0.6) is 0 Å². The van der Waals surface area contributed by atoms with Crippen molar-refractivity contribution in [1.82, 2.24) is 5.06 Å². The predicted octanol–water partition coefficient (Wildman–Crippen LogP) is 3.01. The number of cyclic esters (lactones) is 1. The van der Waals surface area contributed by atoms with Gasteiger partial charge in [0.05, 0.1) is 17.9 Å². The minimum absolute atomic E-state index is 0.0110. The standard InChI is InChI=1S/C17H22FN3O4S2/c1-19(17(23)26)24-11-13-10-21(16(22)25-13)12-3-4-15(14(18)9-12)20-5-2-7-27-8-6-20/h3-4,9,13H,2,5-8,10-11H2,1H3,(H,23,26)/t13-/m0/s1. The summed E-state index contributed by atoms with van der Waals surface area (Å²) in [5.41, 5.74) is 0.995. The van der Waals surface area contributed by atoms with Gasteiger partial charge in [-0.2, -0.15) is 11.8 Å². The lowest BCUT2D eigenvalue weighted by Gasteiger charge is -2.24. The molecular formula is C17H22FN3O4S2. The second-order valence-corrected chi connectivity index (χ2v) is 7.89. The van der Waals surface area contributed by atoms with Crippen molar-refractivity contribution in [3.63, 3.8) is 0 Å². The van der Waals surface area contributed by atoms with Crippen LogP contribution in [0.25, 0.3) is 0 Å². The van der Waals surface area contributed by atoms with Crippen LogP contribution in [0.2, 0.25) is 0 Å². The Balaban J connectivity index is 1.65. The summed E-state index contributed by atoms with van der Waals surface area (Å²) < 4.78 is 19.9. The number of carbonyl (C=O) groups is 2. The number of benzene rings is 1. The molecule has 0 radical (unpaired) electrons. The van der Waals surface area contributed by atoms with Crippen molar-refractivity contribution in [2.75, 3.05) is 54.6 Å². The molecule has 0 bridgehead atoms. The van der Waals surface area contributed by atoms with Crippen LogP contribution in [0.3, 0.4) is 0 Å². The fourth-order valence-electron chi connectivity index (χ4n) is 2.98. The number of ether oxygens (including phenoxy) is 1. The highest BCUT2D eigenvalue weighted by atomic mass is 32.2. The van der Waals surface area contributed by atoms with Crippen LogP contribution in [0.15, 0.2) is 18.2 Å². The van der Waals surface area contributed by atoms with E-state index in [0.717, 1.165) is 36.1 Å². The zero-order valence-electron chi connectivity index (χ0n) is 15.0. The van der Waals surface area contributed by atoms with Gasteiger partial charge in [0, 0.05) is 25.9 Å². The largest absolute Gasteiger partial charge is 0.441 e. The summed E-state index contributed by atoms with van der Waals surface area (Å²) in [5, 5.41) is 0.397. The van der Waals surface area contributed by atoms with Crippen molar-refractivity contribution in [2.45, 2.75) is 12.5 Å². The number of hydrogen-bond acceptors (Lipinski definition) is 6. The molecule has 148 valence electrons. The van der Waals surface area contributed by atoms with Crippen LogP contribution in [-0.4, -0.2) is 67.3 Å². The Kier molecular flexibility index (Phi) is 6.72. The Morgan fingerprint density at radius 1 is 1.44 bits per heavy atom. The molecule has 2 fully saturated rings. The first-order chi connectivity index (χ1) is 13.0. The molecule has 1 aromatic carbocycles. The molecule has 1 aromatic rings. The topological polar surface area (TPSA) is 62.3 Å². The summed E-state index contributed by atoms with van der Waals surface area (Å²) >= 11 is 5.51. The number of carbonyl (C=O) groups excluding carboxylic acids is 2. The number of rotatable bonds is 5. The fraction of sp³-hybridized carbons (Fsp3) is 0.529. The molecule has 0 N–H and O–H groups in total. The van der Waals surface area contributed by atoms with E-state index in [1.54, 1.807) is 12.1 Å². The quantitative estimate of drug-likeness (QED) is 0.589. The number of anilines is 2. The number of amides is 2. The molecule has 10 heteroatoms. The maximum atomic E-state index is 14.7. The van der Waals surface area contributed by atoms with E-state index in [-0.39, 0.29) is 19.0 Å². The summed E-state index contributed by atoms with van der Waals surface area (Å²) in [6.45, 7) is 1.86. The van der Waals surface area contributed by atoms with Crippen LogP contribution >= 0.6 is 24.4 Å². The van der Waals surface area contributed by atoms with Crippen LogP contribution in [0.1, 0.15) is 6.42 Å². The zero-order chi connectivity index (χ0) is 19.4. The van der Waals surface area contributed by atoms with Gasteiger partial charge in [0.25, 0.3) is 0 Å². The highest BCUT2D eigenvalue weighted by Crippen LogP contribution is 2.29. The second-order valence-electron chi connectivity index (χ2n) is 6.28. The molecule has 27 heavy (non-hydrogen) atoms. The van der Waals surface area contributed by atoms with Crippen LogP contribution in [-0.2, 0) is 9.57 Å². The third-order valence-electron chi connectivity index (χ3n) is 4.40. The van der Waals surface area contributed by atoms with Crippen LogP contribution in [0, 0.1) is 5.82 Å². The highest BCUT2D eigenvalue weighted by Gasteiger charge is 2.33. The minimum atomic E-state index is -0.568. The van der Waals surface area contributed by atoms with E-state index in [1.165, 1.54) is 18.0 Å². The Labute approximate surface area is 167 Å². The molecule has 0 aliphatic carbocycles. The maximum absolute atomic E-state index is 14.7. The smallest absolute Gasteiger partial charge is 0.414 e. The number of hydrogen-bond donors (Lipinski definition) is 1. The van der Waals surface area contributed by atoms with Gasteiger partial charge in [0.2, 0.25) is 0 Å². The average Bonchev–Trinajstić information content (AvgIpc) is 2.83. The Morgan fingerprint density at radius 2 is 2.26 bits per heavy atom. The van der Waals surface area contributed by atoms with Crippen molar-refractivity contribution in [3.05, 3.63) is 24.0 Å². The van der Waals surface area contributed by atoms with Gasteiger partial charge in [-0.25, -0.2) is 14.2 Å². The number of thioether (sulfide) groups is 1. The monoisotopic (exact) mass is 415 g/mol. The summed E-state index contributed by atoms with van der Waals surface area (Å²) in [4.78, 5) is 31.7. The van der Waals surface area contributed by atoms with Gasteiger partial charge in [-0.1, -0.05) is 12.6 Å². The molecule has 3 rings (SSSR count). The van der Waals surface area contributed by atoms with E-state index in [1.807, 2.05) is 16.7 Å². The van der Waals surface area contributed by atoms with Gasteiger partial charge >= 0.3 is 11.3 Å². The predicted molar refractivity (Wildman–Crippen MR) is 106 cm³/mol. The highest BCUT2D eigenvalue weighted by molar-refractivity contribution is 7.99. The van der Waals surface area contributed by atoms with Gasteiger partial charge in [-0.3, -0.25) is 14.5 Å². The molecule has 0 spiro atoms. The average molecular weight is 416 g/mol. The molecular weight excluding hydrogens is 393 g/mol. The van der Waals surface area contributed by atoms with Gasteiger partial charge in [0.1, 0.15) is 18.5 Å². The SMILES string of the molecule is CN(OC[C@@H]1CN(c2ccc(N3CCCSCC3)c(F)c2)C(=O)O1)C(=O)S.